The van der Waals surface area contributed by atoms with Crippen LogP contribution in [0.5, 0.6) is 0 Å². The Hall–Kier alpha value is -4.45. The monoisotopic (exact) mass is 617 g/mol. The Kier molecular flexibility index (Phi) is 11.5. The van der Waals surface area contributed by atoms with Crippen LogP contribution in [0, 0.1) is 5.92 Å². The Morgan fingerprint density at radius 1 is 0.956 bits per heavy atom. The first kappa shape index (κ1) is 33.4. The fourth-order valence-corrected chi connectivity index (χ4v) is 5.32. The number of hydrogen-bond acceptors (Lipinski definition) is 8. The highest BCUT2D eigenvalue weighted by Crippen LogP contribution is 2.34. The average molecular weight is 618 g/mol. The normalized spacial score (nSPS) is 15.8. The maximum Gasteiger partial charge on any atom is 0.408 e. The molecule has 0 aliphatic carbocycles. The number of anilines is 1. The molecule has 1 aliphatic heterocycles. The van der Waals surface area contributed by atoms with E-state index in [1.54, 1.807) is 13.1 Å². The molecule has 3 amide bonds. The van der Waals surface area contributed by atoms with Crippen LogP contribution in [-0.4, -0.2) is 70.5 Å². The van der Waals surface area contributed by atoms with Gasteiger partial charge in [-0.15, -0.1) is 0 Å². The van der Waals surface area contributed by atoms with Crippen LogP contribution in [0.1, 0.15) is 39.2 Å². The second-order valence-electron chi connectivity index (χ2n) is 11.7. The zero-order valence-electron chi connectivity index (χ0n) is 25.9. The predicted molar refractivity (Wildman–Crippen MR) is 173 cm³/mol. The summed E-state index contributed by atoms with van der Waals surface area (Å²) in [4.78, 5) is 43.3. The van der Waals surface area contributed by atoms with Gasteiger partial charge in [0.2, 0.25) is 11.8 Å². The number of rotatable bonds is 13. The summed E-state index contributed by atoms with van der Waals surface area (Å²) in [6, 6.07) is 20.2. The molecule has 0 saturated heterocycles. The van der Waals surface area contributed by atoms with E-state index in [2.05, 4.69) is 10.6 Å². The van der Waals surface area contributed by atoms with Crippen molar-refractivity contribution in [1.29, 1.82) is 0 Å². The minimum absolute atomic E-state index is 0.00169. The molecule has 1 heterocycles. The molecule has 3 aromatic carbocycles. The average Bonchev–Trinajstić information content (AvgIpc) is 3.45. The molecule has 0 aromatic heterocycles. The zero-order chi connectivity index (χ0) is 32.5. The number of amides is 3. The third kappa shape index (κ3) is 8.81. The van der Waals surface area contributed by atoms with Gasteiger partial charge in [-0.2, -0.15) is 0 Å². The number of ether oxygens (including phenoxy) is 1. The number of nitrogens with zero attached hydrogens (tertiary/aromatic N) is 2. The minimum atomic E-state index is -1.20. The summed E-state index contributed by atoms with van der Waals surface area (Å²) in [6.07, 6.45) is 0.0425. The number of nitrogens with one attached hydrogen (secondary N) is 2. The molecular weight excluding hydrogens is 574 g/mol. The molecule has 11 heteroatoms. The highest BCUT2D eigenvalue weighted by Gasteiger charge is 2.34. The van der Waals surface area contributed by atoms with Gasteiger partial charge in [0.15, 0.2) is 0 Å². The van der Waals surface area contributed by atoms with Crippen molar-refractivity contribution < 1.29 is 29.3 Å². The van der Waals surface area contributed by atoms with Crippen molar-refractivity contribution in [3.05, 3.63) is 90.3 Å². The van der Waals surface area contributed by atoms with Crippen molar-refractivity contribution in [2.75, 3.05) is 18.2 Å². The molecule has 6 N–H and O–H groups in total. The van der Waals surface area contributed by atoms with Crippen LogP contribution in [0.2, 0.25) is 0 Å². The van der Waals surface area contributed by atoms with E-state index in [1.165, 1.54) is 4.90 Å². The molecule has 0 unspecified atom stereocenters. The molecule has 3 aromatic rings. The number of carbonyl (C=O) groups is 3. The summed E-state index contributed by atoms with van der Waals surface area (Å²) in [5.41, 5.74) is 8.14. The van der Waals surface area contributed by atoms with Crippen LogP contribution < -0.4 is 21.3 Å². The first-order valence-corrected chi connectivity index (χ1v) is 15.2. The summed E-state index contributed by atoms with van der Waals surface area (Å²) >= 11 is 0. The van der Waals surface area contributed by atoms with E-state index in [4.69, 9.17) is 10.5 Å². The highest BCUT2D eigenvalue weighted by atomic mass is 16.5. The number of alkyl carbamates (subject to hydrolysis) is 1. The topological polar surface area (TPSA) is 157 Å². The van der Waals surface area contributed by atoms with E-state index in [-0.39, 0.29) is 31.5 Å². The summed E-state index contributed by atoms with van der Waals surface area (Å²) < 4.78 is 5.44. The van der Waals surface area contributed by atoms with E-state index >= 15 is 0 Å². The maximum absolute atomic E-state index is 13.8. The van der Waals surface area contributed by atoms with Gasteiger partial charge in [0.1, 0.15) is 19.3 Å². The molecule has 1 aliphatic rings. The molecule has 4 atom stereocenters. The van der Waals surface area contributed by atoms with Crippen molar-refractivity contribution in [2.24, 2.45) is 11.7 Å². The Labute approximate surface area is 263 Å². The molecule has 45 heavy (non-hydrogen) atoms. The van der Waals surface area contributed by atoms with E-state index in [9.17, 15) is 24.6 Å². The fraction of sp³-hybridized carbons (Fsp3) is 0.382. The van der Waals surface area contributed by atoms with Gasteiger partial charge in [0, 0.05) is 23.7 Å². The van der Waals surface area contributed by atoms with Crippen LogP contribution in [0.4, 0.5) is 10.5 Å². The predicted octanol–water partition coefficient (Wildman–Crippen LogP) is 3.20. The van der Waals surface area contributed by atoms with Gasteiger partial charge in [-0.3, -0.25) is 14.5 Å². The third-order valence-corrected chi connectivity index (χ3v) is 7.61. The second kappa shape index (κ2) is 15.5. The molecule has 4 rings (SSSR count). The van der Waals surface area contributed by atoms with Gasteiger partial charge < -0.3 is 36.2 Å². The summed E-state index contributed by atoms with van der Waals surface area (Å²) in [7, 11) is 0. The summed E-state index contributed by atoms with van der Waals surface area (Å²) in [5.74, 6) is -0.758. The molecule has 0 bridgehead atoms. The Morgan fingerprint density at radius 2 is 1.64 bits per heavy atom. The van der Waals surface area contributed by atoms with Gasteiger partial charge in [-0.25, -0.2) is 4.79 Å². The van der Waals surface area contributed by atoms with Crippen molar-refractivity contribution in [2.45, 2.75) is 64.4 Å². The SMILES string of the molecule is CC(C)C[C@H](NC(=O)[C@H](CC1=CN(C(=O)[C@H](C)N)CN1c1cccc2ccccc12)NC(=O)OCc1ccccc1)[C@H](O)CO. The smallest absolute Gasteiger partial charge is 0.408 e. The van der Waals surface area contributed by atoms with Gasteiger partial charge in [-0.1, -0.05) is 80.6 Å². The number of hydrogen-bond donors (Lipinski definition) is 5. The molecule has 0 radical (unpaired) electrons. The van der Waals surface area contributed by atoms with Crippen LogP contribution in [0.15, 0.2) is 84.7 Å². The Morgan fingerprint density at radius 3 is 2.33 bits per heavy atom. The molecule has 0 spiro atoms. The summed E-state index contributed by atoms with van der Waals surface area (Å²) in [6.45, 7) is 5.11. The highest BCUT2D eigenvalue weighted by molar-refractivity contribution is 5.96. The van der Waals surface area contributed by atoms with Crippen LogP contribution in [-0.2, 0) is 20.9 Å². The lowest BCUT2D eigenvalue weighted by molar-refractivity contribution is -0.129. The molecule has 11 nitrogen and oxygen atoms in total. The number of benzene rings is 3. The fourth-order valence-electron chi connectivity index (χ4n) is 5.32. The first-order valence-electron chi connectivity index (χ1n) is 15.2. The number of nitrogens with two attached hydrogens (primary N) is 1. The number of aliphatic hydroxyl groups excluding tert-OH is 2. The van der Waals surface area contributed by atoms with Crippen molar-refractivity contribution in [3.8, 4) is 0 Å². The minimum Gasteiger partial charge on any atom is -0.445 e. The maximum atomic E-state index is 13.8. The Balaban J connectivity index is 1.66. The van der Waals surface area contributed by atoms with Gasteiger partial charge in [-0.05, 0) is 36.3 Å². The number of fused-ring (bicyclic) bond motifs is 1. The first-order chi connectivity index (χ1) is 21.6. The second-order valence-corrected chi connectivity index (χ2v) is 11.7. The van der Waals surface area contributed by atoms with E-state index in [0.717, 1.165) is 22.0 Å². The quantitative estimate of drug-likeness (QED) is 0.196. The lowest BCUT2D eigenvalue weighted by Crippen LogP contribution is -2.54. The lowest BCUT2D eigenvalue weighted by atomic mass is 9.98. The van der Waals surface area contributed by atoms with Crippen molar-refractivity contribution in [3.63, 3.8) is 0 Å². The van der Waals surface area contributed by atoms with E-state index < -0.39 is 42.8 Å². The molecule has 0 fully saturated rings. The summed E-state index contributed by atoms with van der Waals surface area (Å²) in [5, 5.41) is 27.6. The molecule has 0 saturated carbocycles. The molecular formula is C34H43N5O6. The number of aliphatic hydroxyl groups is 2. The van der Waals surface area contributed by atoms with E-state index in [0.29, 0.717) is 12.1 Å². The lowest BCUT2D eigenvalue weighted by Gasteiger charge is -2.29. The largest absolute Gasteiger partial charge is 0.445 e. The van der Waals surface area contributed by atoms with Crippen LogP contribution >= 0.6 is 0 Å². The zero-order valence-corrected chi connectivity index (χ0v) is 25.9. The third-order valence-electron chi connectivity index (χ3n) is 7.61. The number of carbonyl (C=O) groups excluding carboxylic acids is 3. The van der Waals surface area contributed by atoms with Crippen LogP contribution in [0.3, 0.4) is 0 Å². The molecule has 240 valence electrons. The van der Waals surface area contributed by atoms with E-state index in [1.807, 2.05) is 91.5 Å². The van der Waals surface area contributed by atoms with Crippen molar-refractivity contribution >= 4 is 34.4 Å². The standard InChI is InChI=1S/C34H43N5O6/c1-22(2)16-28(31(41)19-40)36-32(42)29(37-34(44)45-20-24-10-5-4-6-11-24)17-26-18-38(33(43)23(3)35)21-39(26)30-15-9-13-25-12-7-8-14-27(25)30/h4-15,18,22-23,28-29,31,40-41H,16-17,19-21,35H2,1-3H3,(H,36,42)(H,37,44)/t23-,28-,29-,31+/m0/s1. The van der Waals surface area contributed by atoms with Gasteiger partial charge in [0.25, 0.3) is 0 Å². The Bertz CT molecular complexity index is 1490. The van der Waals surface area contributed by atoms with Gasteiger partial charge >= 0.3 is 6.09 Å². The van der Waals surface area contributed by atoms with Crippen molar-refractivity contribution in [1.82, 2.24) is 15.5 Å². The van der Waals surface area contributed by atoms with Crippen LogP contribution in [0.25, 0.3) is 10.8 Å². The van der Waals surface area contributed by atoms with Gasteiger partial charge in [0.05, 0.1) is 30.5 Å².